The first-order valence-corrected chi connectivity index (χ1v) is 6.63. The van der Waals surface area contributed by atoms with Crippen molar-refractivity contribution in [2.75, 3.05) is 19.6 Å². The zero-order valence-corrected chi connectivity index (χ0v) is 10.5. The quantitative estimate of drug-likeness (QED) is 0.710. The Labute approximate surface area is 95.0 Å². The fraction of sp³-hybridized carbons (Fsp3) is 1.00. The highest BCUT2D eigenvalue weighted by Crippen LogP contribution is 2.34. The van der Waals surface area contributed by atoms with Gasteiger partial charge in [0.25, 0.3) is 0 Å². The van der Waals surface area contributed by atoms with E-state index in [4.69, 9.17) is 5.73 Å². The molecule has 90 valence electrons. The van der Waals surface area contributed by atoms with E-state index in [2.05, 4.69) is 19.2 Å². The first-order chi connectivity index (χ1) is 7.22. The zero-order valence-electron chi connectivity index (χ0n) is 10.5. The monoisotopic (exact) mass is 212 g/mol. The van der Waals surface area contributed by atoms with Gasteiger partial charge in [0.1, 0.15) is 0 Å². The minimum absolute atomic E-state index is 0.422. The molecule has 1 aliphatic carbocycles. The molecule has 1 fully saturated rings. The third-order valence-corrected chi connectivity index (χ3v) is 4.04. The lowest BCUT2D eigenvalue weighted by atomic mass is 9.74. The lowest BCUT2D eigenvalue weighted by molar-refractivity contribution is 0.189. The third-order valence-electron chi connectivity index (χ3n) is 4.04. The topological polar surface area (TPSA) is 38.0 Å². The van der Waals surface area contributed by atoms with Crippen molar-refractivity contribution in [3.8, 4) is 0 Å². The largest absolute Gasteiger partial charge is 0.330 e. The van der Waals surface area contributed by atoms with Crippen molar-refractivity contribution in [1.82, 2.24) is 5.32 Å². The Morgan fingerprint density at radius 1 is 1.27 bits per heavy atom. The minimum atomic E-state index is 0.422. The van der Waals surface area contributed by atoms with E-state index in [1.54, 1.807) is 0 Å². The van der Waals surface area contributed by atoms with Gasteiger partial charge in [-0.2, -0.15) is 0 Å². The summed E-state index contributed by atoms with van der Waals surface area (Å²) in [6.45, 7) is 7.71. The van der Waals surface area contributed by atoms with E-state index in [0.29, 0.717) is 5.41 Å². The first kappa shape index (κ1) is 13.0. The van der Waals surface area contributed by atoms with Crippen LogP contribution in [0.15, 0.2) is 0 Å². The van der Waals surface area contributed by atoms with Crippen molar-refractivity contribution >= 4 is 0 Å². The van der Waals surface area contributed by atoms with Crippen molar-refractivity contribution in [2.24, 2.45) is 17.1 Å². The molecule has 0 bridgehead atoms. The van der Waals surface area contributed by atoms with Crippen LogP contribution in [0.5, 0.6) is 0 Å². The molecular formula is C13H28N2. The molecule has 1 unspecified atom stereocenters. The smallest absolute Gasteiger partial charge is 0.00200 e. The van der Waals surface area contributed by atoms with Gasteiger partial charge in [-0.05, 0) is 37.3 Å². The molecule has 0 saturated heterocycles. The highest BCUT2D eigenvalue weighted by molar-refractivity contribution is 4.85. The lowest BCUT2D eigenvalue weighted by Crippen LogP contribution is -2.42. The molecule has 1 aliphatic rings. The Balaban J connectivity index is 2.26. The molecule has 0 spiro atoms. The number of nitrogens with one attached hydrogen (secondary N) is 1. The SMILES string of the molecule is CCC(C)CNCC1(CN)CCCCC1. The standard InChI is InChI=1S/C13H28N2/c1-3-12(2)9-15-11-13(10-14)7-5-4-6-8-13/h12,15H,3-11,14H2,1-2H3. The van der Waals surface area contributed by atoms with Crippen molar-refractivity contribution in [3.05, 3.63) is 0 Å². The van der Waals surface area contributed by atoms with Gasteiger partial charge in [0.2, 0.25) is 0 Å². The molecule has 0 aromatic rings. The normalized spacial score (nSPS) is 22.6. The molecule has 2 heteroatoms. The molecule has 0 aromatic carbocycles. The van der Waals surface area contributed by atoms with E-state index in [-0.39, 0.29) is 0 Å². The summed E-state index contributed by atoms with van der Waals surface area (Å²) in [5.74, 6) is 0.795. The molecule has 0 heterocycles. The highest BCUT2D eigenvalue weighted by atomic mass is 14.9. The molecule has 3 N–H and O–H groups in total. The Hall–Kier alpha value is -0.0800. The second kappa shape index (κ2) is 6.49. The Kier molecular flexibility index (Phi) is 5.62. The molecule has 2 nitrogen and oxygen atoms in total. The van der Waals surface area contributed by atoms with Crippen LogP contribution in [-0.2, 0) is 0 Å². The van der Waals surface area contributed by atoms with Crippen LogP contribution < -0.4 is 11.1 Å². The van der Waals surface area contributed by atoms with Gasteiger partial charge >= 0.3 is 0 Å². The Bertz CT molecular complexity index is 162. The fourth-order valence-electron chi connectivity index (χ4n) is 2.48. The summed E-state index contributed by atoms with van der Waals surface area (Å²) in [6, 6.07) is 0. The molecule has 15 heavy (non-hydrogen) atoms. The number of nitrogens with two attached hydrogens (primary N) is 1. The molecule has 1 rings (SSSR count). The predicted molar refractivity (Wildman–Crippen MR) is 66.9 cm³/mol. The summed E-state index contributed by atoms with van der Waals surface area (Å²) in [5, 5.41) is 3.62. The highest BCUT2D eigenvalue weighted by Gasteiger charge is 2.29. The summed E-state index contributed by atoms with van der Waals surface area (Å²) in [4.78, 5) is 0. The number of rotatable bonds is 6. The van der Waals surface area contributed by atoms with Crippen LogP contribution >= 0.6 is 0 Å². The maximum atomic E-state index is 5.95. The van der Waals surface area contributed by atoms with Gasteiger partial charge in [0.05, 0.1) is 0 Å². The minimum Gasteiger partial charge on any atom is -0.330 e. The van der Waals surface area contributed by atoms with Crippen LogP contribution in [0.1, 0.15) is 52.4 Å². The van der Waals surface area contributed by atoms with Crippen LogP contribution in [0.25, 0.3) is 0 Å². The molecule has 0 amide bonds. The fourth-order valence-corrected chi connectivity index (χ4v) is 2.48. The van der Waals surface area contributed by atoms with E-state index in [1.807, 2.05) is 0 Å². The van der Waals surface area contributed by atoms with Gasteiger partial charge in [-0.3, -0.25) is 0 Å². The number of hydrogen-bond donors (Lipinski definition) is 2. The third kappa shape index (κ3) is 4.12. The summed E-state index contributed by atoms with van der Waals surface area (Å²) < 4.78 is 0. The van der Waals surface area contributed by atoms with Gasteiger partial charge in [0.15, 0.2) is 0 Å². The lowest BCUT2D eigenvalue weighted by Gasteiger charge is -2.36. The van der Waals surface area contributed by atoms with Gasteiger partial charge in [-0.25, -0.2) is 0 Å². The van der Waals surface area contributed by atoms with Gasteiger partial charge in [-0.1, -0.05) is 39.5 Å². The molecule has 1 saturated carbocycles. The Morgan fingerprint density at radius 2 is 1.93 bits per heavy atom. The second-order valence-corrected chi connectivity index (χ2v) is 5.41. The molecule has 0 aromatic heterocycles. The maximum absolute atomic E-state index is 5.95. The van der Waals surface area contributed by atoms with Crippen molar-refractivity contribution < 1.29 is 0 Å². The van der Waals surface area contributed by atoms with Crippen LogP contribution in [0.2, 0.25) is 0 Å². The van der Waals surface area contributed by atoms with E-state index in [1.165, 1.54) is 38.5 Å². The van der Waals surface area contributed by atoms with Crippen molar-refractivity contribution in [1.29, 1.82) is 0 Å². The number of hydrogen-bond acceptors (Lipinski definition) is 2. The summed E-state index contributed by atoms with van der Waals surface area (Å²) >= 11 is 0. The second-order valence-electron chi connectivity index (χ2n) is 5.41. The van der Waals surface area contributed by atoms with Gasteiger partial charge in [-0.15, -0.1) is 0 Å². The average molecular weight is 212 g/mol. The molecule has 0 aliphatic heterocycles. The van der Waals surface area contributed by atoms with Gasteiger partial charge in [0, 0.05) is 6.54 Å². The maximum Gasteiger partial charge on any atom is 0.00200 e. The van der Waals surface area contributed by atoms with E-state index in [0.717, 1.165) is 25.6 Å². The van der Waals surface area contributed by atoms with Gasteiger partial charge < -0.3 is 11.1 Å². The van der Waals surface area contributed by atoms with Crippen LogP contribution in [0.4, 0.5) is 0 Å². The van der Waals surface area contributed by atoms with E-state index in [9.17, 15) is 0 Å². The van der Waals surface area contributed by atoms with Crippen molar-refractivity contribution in [2.45, 2.75) is 52.4 Å². The van der Waals surface area contributed by atoms with Crippen LogP contribution in [-0.4, -0.2) is 19.6 Å². The van der Waals surface area contributed by atoms with Crippen LogP contribution in [0, 0.1) is 11.3 Å². The molecule has 0 radical (unpaired) electrons. The average Bonchev–Trinajstić information content (AvgIpc) is 2.30. The van der Waals surface area contributed by atoms with Crippen molar-refractivity contribution in [3.63, 3.8) is 0 Å². The van der Waals surface area contributed by atoms with Crippen LogP contribution in [0.3, 0.4) is 0 Å². The zero-order chi connectivity index (χ0) is 11.1. The summed E-state index contributed by atoms with van der Waals surface area (Å²) in [5.41, 5.74) is 6.37. The first-order valence-electron chi connectivity index (χ1n) is 6.63. The predicted octanol–water partition coefficient (Wildman–Crippen LogP) is 2.53. The van der Waals surface area contributed by atoms with E-state index < -0.39 is 0 Å². The van der Waals surface area contributed by atoms with E-state index >= 15 is 0 Å². The molecule has 1 atom stereocenters. The molecular weight excluding hydrogens is 184 g/mol. The Morgan fingerprint density at radius 3 is 2.47 bits per heavy atom. The summed E-state index contributed by atoms with van der Waals surface area (Å²) in [6.07, 6.45) is 8.09. The summed E-state index contributed by atoms with van der Waals surface area (Å²) in [7, 11) is 0.